The highest BCUT2D eigenvalue weighted by atomic mass is 32.1. The van der Waals surface area contributed by atoms with Crippen LogP contribution in [0.4, 0.5) is 5.13 Å². The zero-order valence-corrected chi connectivity index (χ0v) is 9.01. The summed E-state index contributed by atoms with van der Waals surface area (Å²) in [5, 5.41) is 0.286. The minimum atomic E-state index is -0.416. The highest BCUT2D eigenvalue weighted by Crippen LogP contribution is 2.30. The van der Waals surface area contributed by atoms with Gasteiger partial charge >= 0.3 is 11.1 Å². The van der Waals surface area contributed by atoms with Crippen molar-refractivity contribution in [2.24, 2.45) is 0 Å². The fourth-order valence-electron chi connectivity index (χ4n) is 0.998. The van der Waals surface area contributed by atoms with Gasteiger partial charge in [-0.15, -0.1) is 16.3 Å². The lowest BCUT2D eigenvalue weighted by atomic mass is 10.1. The maximum absolute atomic E-state index is 11.3. The SMILES string of the molecule is [C-]#[N+]c1nc(C(C)C)c(C(=O)OC)s1. The van der Waals surface area contributed by atoms with Crippen molar-refractivity contribution in [1.29, 1.82) is 0 Å². The standard InChI is InChI=1S/C9H10N2O2S/c1-5(2)6-7(8(12)13-4)14-9(10-3)11-6/h5H,1-2,4H3. The van der Waals surface area contributed by atoms with Crippen molar-refractivity contribution in [3.63, 3.8) is 0 Å². The van der Waals surface area contributed by atoms with Crippen LogP contribution < -0.4 is 0 Å². The van der Waals surface area contributed by atoms with Gasteiger partial charge in [0, 0.05) is 5.92 Å². The predicted molar refractivity (Wildman–Crippen MR) is 53.8 cm³/mol. The summed E-state index contributed by atoms with van der Waals surface area (Å²) >= 11 is 1.08. The molecule has 0 amide bonds. The van der Waals surface area contributed by atoms with Crippen LogP contribution in [0.15, 0.2) is 0 Å². The molecule has 0 aliphatic carbocycles. The van der Waals surface area contributed by atoms with E-state index in [4.69, 9.17) is 6.57 Å². The Morgan fingerprint density at radius 1 is 1.64 bits per heavy atom. The smallest absolute Gasteiger partial charge is 0.350 e. The third kappa shape index (κ3) is 1.91. The lowest BCUT2D eigenvalue weighted by molar-refractivity contribution is 0.0604. The van der Waals surface area contributed by atoms with E-state index in [9.17, 15) is 4.79 Å². The molecule has 0 radical (unpaired) electrons. The van der Waals surface area contributed by atoms with E-state index in [0.29, 0.717) is 10.6 Å². The van der Waals surface area contributed by atoms with Crippen LogP contribution >= 0.6 is 11.3 Å². The van der Waals surface area contributed by atoms with Crippen LogP contribution in [0.3, 0.4) is 0 Å². The summed E-state index contributed by atoms with van der Waals surface area (Å²) in [5.74, 6) is -0.294. The molecule has 0 fully saturated rings. The van der Waals surface area contributed by atoms with Gasteiger partial charge in [-0.05, 0) is 0 Å². The average Bonchev–Trinajstić information content (AvgIpc) is 2.60. The van der Waals surface area contributed by atoms with Gasteiger partial charge in [0.25, 0.3) is 0 Å². The third-order valence-corrected chi connectivity index (χ3v) is 2.60. The van der Waals surface area contributed by atoms with E-state index in [1.807, 2.05) is 13.8 Å². The molecule has 74 valence electrons. The minimum Gasteiger partial charge on any atom is -0.465 e. The molecular formula is C9H10N2O2S. The first-order valence-electron chi connectivity index (χ1n) is 4.06. The topological polar surface area (TPSA) is 43.5 Å². The number of methoxy groups -OCH3 is 1. The zero-order chi connectivity index (χ0) is 10.7. The highest BCUT2D eigenvalue weighted by molar-refractivity contribution is 7.17. The molecule has 1 rings (SSSR count). The van der Waals surface area contributed by atoms with E-state index < -0.39 is 5.97 Å². The lowest BCUT2D eigenvalue weighted by Gasteiger charge is -1.99. The number of aromatic nitrogens is 1. The summed E-state index contributed by atoms with van der Waals surface area (Å²) in [6.45, 7) is 10.7. The van der Waals surface area contributed by atoms with Gasteiger partial charge in [-0.3, -0.25) is 0 Å². The molecule has 14 heavy (non-hydrogen) atoms. The first-order chi connectivity index (χ1) is 6.60. The quantitative estimate of drug-likeness (QED) is 0.556. The van der Waals surface area contributed by atoms with E-state index in [0.717, 1.165) is 11.3 Å². The van der Waals surface area contributed by atoms with Gasteiger partial charge in [0.05, 0.1) is 7.11 Å². The van der Waals surface area contributed by atoms with E-state index in [1.54, 1.807) is 0 Å². The molecular weight excluding hydrogens is 200 g/mol. The van der Waals surface area contributed by atoms with Crippen molar-refractivity contribution in [2.45, 2.75) is 19.8 Å². The number of nitrogens with zero attached hydrogens (tertiary/aromatic N) is 2. The number of esters is 1. The van der Waals surface area contributed by atoms with Gasteiger partial charge in [0.2, 0.25) is 0 Å². The Morgan fingerprint density at radius 2 is 2.29 bits per heavy atom. The number of carbonyl (C=O) groups excluding carboxylic acids is 1. The molecule has 0 unspecified atom stereocenters. The van der Waals surface area contributed by atoms with Crippen molar-refractivity contribution >= 4 is 22.4 Å². The Hall–Kier alpha value is -1.41. The van der Waals surface area contributed by atoms with Gasteiger partial charge < -0.3 is 9.58 Å². The fourth-order valence-corrected chi connectivity index (χ4v) is 1.92. The molecule has 0 saturated carbocycles. The van der Waals surface area contributed by atoms with Crippen molar-refractivity contribution in [1.82, 2.24) is 4.98 Å². The number of carbonyl (C=O) groups is 1. The predicted octanol–water partition coefficient (Wildman–Crippen LogP) is 2.60. The summed E-state index contributed by atoms with van der Waals surface area (Å²) in [6.07, 6.45) is 0. The fraction of sp³-hybridized carbons (Fsp3) is 0.444. The Morgan fingerprint density at radius 3 is 2.71 bits per heavy atom. The maximum Gasteiger partial charge on any atom is 0.350 e. The largest absolute Gasteiger partial charge is 0.465 e. The highest BCUT2D eigenvalue weighted by Gasteiger charge is 2.23. The molecule has 0 saturated heterocycles. The number of hydrogen-bond acceptors (Lipinski definition) is 4. The van der Waals surface area contributed by atoms with Crippen molar-refractivity contribution < 1.29 is 9.53 Å². The van der Waals surface area contributed by atoms with Gasteiger partial charge in [-0.1, -0.05) is 20.4 Å². The second kappa shape index (κ2) is 4.20. The lowest BCUT2D eigenvalue weighted by Crippen LogP contribution is -2.03. The van der Waals surface area contributed by atoms with E-state index in [1.165, 1.54) is 7.11 Å². The molecule has 0 spiro atoms. The van der Waals surface area contributed by atoms with Crippen molar-refractivity contribution in [3.8, 4) is 0 Å². The molecule has 0 aliphatic heterocycles. The first-order valence-corrected chi connectivity index (χ1v) is 4.88. The summed E-state index contributed by atoms with van der Waals surface area (Å²) < 4.78 is 4.61. The Bertz CT molecular complexity index is 390. The van der Waals surface area contributed by atoms with Gasteiger partial charge in [-0.2, -0.15) is 0 Å². The van der Waals surface area contributed by atoms with Gasteiger partial charge in [0.15, 0.2) is 5.69 Å². The Balaban J connectivity index is 3.20. The maximum atomic E-state index is 11.3. The van der Waals surface area contributed by atoms with Crippen LogP contribution in [0.25, 0.3) is 4.85 Å². The summed E-state index contributed by atoms with van der Waals surface area (Å²) in [5.41, 5.74) is 0.646. The van der Waals surface area contributed by atoms with Crippen molar-refractivity contribution in [3.05, 3.63) is 22.0 Å². The van der Waals surface area contributed by atoms with Crippen molar-refractivity contribution in [2.75, 3.05) is 7.11 Å². The average molecular weight is 210 g/mol. The summed E-state index contributed by atoms with van der Waals surface area (Å²) in [7, 11) is 1.32. The normalized spacial score (nSPS) is 9.93. The number of rotatable bonds is 2. The van der Waals surface area contributed by atoms with Crippen LogP contribution in [0.1, 0.15) is 35.1 Å². The first kappa shape index (κ1) is 10.7. The van der Waals surface area contributed by atoms with E-state index in [2.05, 4.69) is 14.6 Å². The minimum absolute atomic E-state index is 0.121. The van der Waals surface area contributed by atoms with Crippen LogP contribution in [-0.2, 0) is 4.74 Å². The summed E-state index contributed by atoms with van der Waals surface area (Å²) in [6, 6.07) is 0. The second-order valence-electron chi connectivity index (χ2n) is 2.97. The third-order valence-electron chi connectivity index (χ3n) is 1.66. The Labute approximate surface area is 86.4 Å². The summed E-state index contributed by atoms with van der Waals surface area (Å²) in [4.78, 5) is 19.0. The monoisotopic (exact) mass is 210 g/mol. The second-order valence-corrected chi connectivity index (χ2v) is 3.95. The molecule has 1 aromatic rings. The van der Waals surface area contributed by atoms with Crippen LogP contribution in [0.5, 0.6) is 0 Å². The number of ether oxygens (including phenoxy) is 1. The molecule has 1 heterocycles. The molecule has 0 bridgehead atoms. The Kier molecular flexibility index (Phi) is 3.20. The number of hydrogen-bond donors (Lipinski definition) is 0. The van der Waals surface area contributed by atoms with Crippen LogP contribution in [-0.4, -0.2) is 18.1 Å². The molecule has 0 atom stereocenters. The van der Waals surface area contributed by atoms with Gasteiger partial charge in [0.1, 0.15) is 4.88 Å². The molecule has 0 aliphatic rings. The van der Waals surface area contributed by atoms with Crippen LogP contribution in [0.2, 0.25) is 0 Å². The molecule has 4 nitrogen and oxygen atoms in total. The van der Waals surface area contributed by atoms with E-state index >= 15 is 0 Å². The zero-order valence-electron chi connectivity index (χ0n) is 8.20. The molecule has 0 aromatic carbocycles. The number of thiazole rings is 1. The molecule has 0 N–H and O–H groups in total. The van der Waals surface area contributed by atoms with Gasteiger partial charge in [-0.25, -0.2) is 4.79 Å². The molecule has 1 aromatic heterocycles. The van der Waals surface area contributed by atoms with E-state index in [-0.39, 0.29) is 11.0 Å². The van der Waals surface area contributed by atoms with Crippen LogP contribution in [0, 0.1) is 6.57 Å². The molecule has 5 heteroatoms.